The second-order valence-electron chi connectivity index (χ2n) is 13.9. The van der Waals surface area contributed by atoms with Crippen molar-refractivity contribution in [1.29, 1.82) is 0 Å². The van der Waals surface area contributed by atoms with Crippen molar-refractivity contribution in [1.82, 2.24) is 5.32 Å². The molecule has 0 radical (unpaired) electrons. The molecule has 2 aliphatic heterocycles. The molecule has 1 aliphatic carbocycles. The summed E-state index contributed by atoms with van der Waals surface area (Å²) in [4.78, 5) is 2.45. The fourth-order valence-electron chi connectivity index (χ4n) is 6.90. The van der Waals surface area contributed by atoms with Gasteiger partial charge in [-0.25, -0.2) is 8.42 Å². The Morgan fingerprint density at radius 2 is 1.65 bits per heavy atom. The molecule has 4 atom stereocenters. The van der Waals surface area contributed by atoms with Crippen LogP contribution in [0.4, 0.5) is 5.69 Å². The van der Waals surface area contributed by atoms with Gasteiger partial charge in [-0.05, 0) is 79.5 Å². The molecule has 11 heteroatoms. The minimum atomic E-state index is -4.00. The van der Waals surface area contributed by atoms with Crippen LogP contribution in [0.25, 0.3) is 0 Å². The number of methoxy groups -OCH3 is 2. The molecule has 51 heavy (non-hydrogen) atoms. The average Bonchev–Trinajstić information content (AvgIpc) is 3.97. The SMILES string of the molecule is COCCCO[C@@H]1CNC[C@H](OC(c2ccc3c(c2)N(CCCOC)CCO3)S(=O)(=O)c2ccc(C)cc2)[C@H]1c1ccc(COCC2CC2)cc1. The number of piperidine rings is 1. The molecule has 6 rings (SSSR count). The van der Waals surface area contributed by atoms with Crippen LogP contribution >= 0.6 is 0 Å². The summed E-state index contributed by atoms with van der Waals surface area (Å²) in [5.41, 5.74) is 3.27. The highest BCUT2D eigenvalue weighted by Gasteiger charge is 2.41. The number of benzene rings is 3. The van der Waals surface area contributed by atoms with Crippen molar-refractivity contribution < 1.29 is 36.8 Å². The summed E-state index contributed by atoms with van der Waals surface area (Å²) in [6.07, 6.45) is 3.36. The summed E-state index contributed by atoms with van der Waals surface area (Å²) >= 11 is 0. The third-order valence-electron chi connectivity index (χ3n) is 9.92. The van der Waals surface area contributed by atoms with Crippen molar-refractivity contribution in [3.8, 4) is 5.75 Å². The lowest BCUT2D eigenvalue weighted by atomic mass is 9.85. The maximum Gasteiger partial charge on any atom is 0.209 e. The number of anilines is 1. The molecule has 0 amide bonds. The predicted octanol–water partition coefficient (Wildman–Crippen LogP) is 5.82. The summed E-state index contributed by atoms with van der Waals surface area (Å²) < 4.78 is 65.3. The van der Waals surface area contributed by atoms with Crippen LogP contribution in [0.5, 0.6) is 5.75 Å². The number of hydrogen-bond acceptors (Lipinski definition) is 10. The lowest BCUT2D eigenvalue weighted by Gasteiger charge is -2.40. The van der Waals surface area contributed by atoms with E-state index in [2.05, 4.69) is 34.5 Å². The van der Waals surface area contributed by atoms with Gasteiger partial charge in [-0.2, -0.15) is 0 Å². The zero-order valence-corrected chi connectivity index (χ0v) is 31.1. The summed E-state index contributed by atoms with van der Waals surface area (Å²) in [6, 6.07) is 21.1. The van der Waals surface area contributed by atoms with Crippen molar-refractivity contribution in [3.05, 3.63) is 89.0 Å². The first-order valence-electron chi connectivity index (χ1n) is 18.3. The first-order valence-corrected chi connectivity index (χ1v) is 19.9. The van der Waals surface area contributed by atoms with Crippen molar-refractivity contribution in [2.24, 2.45) is 5.92 Å². The highest BCUT2D eigenvalue weighted by molar-refractivity contribution is 7.91. The standard InChI is InChI=1S/C40H54N2O8S/c1-29-6-15-34(16-7-29)51(43,44)40(33-14-17-36-35(24-33)42(19-23-49-36)18-4-20-45-2)50-38-26-41-25-37(48-22-5-21-46-3)39(38)32-12-10-31(11-13-32)28-47-27-30-8-9-30/h6-7,10-17,24,30,37-41H,4-5,8-9,18-23,25-28H2,1-3H3/t37-,38+,39+,40?/m1/s1. The molecule has 2 heterocycles. The van der Waals surface area contributed by atoms with E-state index in [0.29, 0.717) is 64.2 Å². The number of nitrogens with zero attached hydrogens (tertiary/aromatic N) is 1. The molecular formula is C40H54N2O8S. The van der Waals surface area contributed by atoms with E-state index in [0.717, 1.165) is 54.1 Å². The van der Waals surface area contributed by atoms with Gasteiger partial charge in [-0.3, -0.25) is 0 Å². The quantitative estimate of drug-likeness (QED) is 0.152. The molecule has 3 aromatic rings. The van der Waals surface area contributed by atoms with Crippen LogP contribution in [-0.2, 0) is 40.1 Å². The van der Waals surface area contributed by atoms with Gasteiger partial charge in [0.05, 0.1) is 35.9 Å². The number of nitrogens with one attached hydrogen (secondary N) is 1. The number of fused-ring (bicyclic) bond motifs is 1. The van der Waals surface area contributed by atoms with E-state index >= 15 is 0 Å². The van der Waals surface area contributed by atoms with Gasteiger partial charge >= 0.3 is 0 Å². The molecule has 2 fully saturated rings. The lowest BCUT2D eigenvalue weighted by molar-refractivity contribution is -0.0662. The minimum absolute atomic E-state index is 0.215. The van der Waals surface area contributed by atoms with Crippen LogP contribution in [0.3, 0.4) is 0 Å². The Morgan fingerprint density at radius 3 is 2.39 bits per heavy atom. The number of aryl methyl sites for hydroxylation is 1. The third kappa shape index (κ3) is 9.90. The topological polar surface area (TPSA) is 105 Å². The van der Waals surface area contributed by atoms with E-state index in [1.165, 1.54) is 12.8 Å². The first-order chi connectivity index (χ1) is 24.9. The van der Waals surface area contributed by atoms with Gasteiger partial charge in [-0.15, -0.1) is 0 Å². The Balaban J connectivity index is 1.33. The smallest absolute Gasteiger partial charge is 0.209 e. The number of sulfone groups is 1. The van der Waals surface area contributed by atoms with Gasteiger partial charge in [-0.1, -0.05) is 48.0 Å². The molecule has 278 valence electrons. The second-order valence-corrected chi connectivity index (χ2v) is 15.9. The van der Waals surface area contributed by atoms with Crippen LogP contribution in [0, 0.1) is 12.8 Å². The van der Waals surface area contributed by atoms with Crippen molar-refractivity contribution in [3.63, 3.8) is 0 Å². The van der Waals surface area contributed by atoms with Crippen molar-refractivity contribution in [2.75, 3.05) is 78.3 Å². The second kappa shape index (κ2) is 18.1. The zero-order chi connectivity index (χ0) is 35.6. The van der Waals surface area contributed by atoms with Gasteiger partial charge in [0.25, 0.3) is 0 Å². The van der Waals surface area contributed by atoms with Crippen LogP contribution in [0.15, 0.2) is 71.6 Å². The van der Waals surface area contributed by atoms with E-state index in [1.807, 2.05) is 37.3 Å². The Hall–Kier alpha value is -3.03. The normalized spacial score (nSPS) is 21.2. The fraction of sp³-hybridized carbons (Fsp3) is 0.550. The number of hydrogen-bond donors (Lipinski definition) is 1. The van der Waals surface area contributed by atoms with Crippen LogP contribution in [0.2, 0.25) is 0 Å². The minimum Gasteiger partial charge on any atom is -0.490 e. The highest BCUT2D eigenvalue weighted by atomic mass is 32.2. The van der Waals surface area contributed by atoms with Gasteiger partial charge in [0, 0.05) is 66.2 Å². The fourth-order valence-corrected chi connectivity index (χ4v) is 8.45. The van der Waals surface area contributed by atoms with Gasteiger partial charge in [0.2, 0.25) is 9.84 Å². The Bertz CT molecular complexity index is 1630. The van der Waals surface area contributed by atoms with E-state index in [-0.39, 0.29) is 16.9 Å². The maximum atomic E-state index is 14.7. The molecule has 10 nitrogen and oxygen atoms in total. The van der Waals surface area contributed by atoms with E-state index < -0.39 is 21.4 Å². The van der Waals surface area contributed by atoms with Gasteiger partial charge in [0.1, 0.15) is 12.4 Å². The summed E-state index contributed by atoms with van der Waals surface area (Å²) in [7, 11) is -0.620. The molecule has 1 saturated carbocycles. The van der Waals surface area contributed by atoms with E-state index in [9.17, 15) is 8.42 Å². The summed E-state index contributed by atoms with van der Waals surface area (Å²) in [6.45, 7) is 8.19. The van der Waals surface area contributed by atoms with E-state index in [4.69, 9.17) is 28.4 Å². The molecule has 0 spiro atoms. The first kappa shape index (κ1) is 37.7. The van der Waals surface area contributed by atoms with Crippen LogP contribution in [0.1, 0.15) is 59.3 Å². The monoisotopic (exact) mass is 722 g/mol. The molecular weight excluding hydrogens is 669 g/mol. The summed E-state index contributed by atoms with van der Waals surface area (Å²) in [5.74, 6) is 1.22. The average molecular weight is 723 g/mol. The predicted molar refractivity (Wildman–Crippen MR) is 197 cm³/mol. The molecule has 1 unspecified atom stereocenters. The Kier molecular flexibility index (Phi) is 13.4. The van der Waals surface area contributed by atoms with E-state index in [1.54, 1.807) is 26.4 Å². The van der Waals surface area contributed by atoms with Crippen LogP contribution in [-0.4, -0.2) is 94.1 Å². The number of ether oxygens (including phenoxy) is 6. The highest BCUT2D eigenvalue weighted by Crippen LogP contribution is 2.41. The molecule has 0 bridgehead atoms. The van der Waals surface area contributed by atoms with Gasteiger partial charge in [0.15, 0.2) is 5.44 Å². The largest absolute Gasteiger partial charge is 0.490 e. The Morgan fingerprint density at radius 1 is 0.902 bits per heavy atom. The van der Waals surface area contributed by atoms with Crippen LogP contribution < -0.4 is 15.0 Å². The molecule has 0 aromatic heterocycles. The lowest BCUT2D eigenvalue weighted by Crippen LogP contribution is -2.51. The molecule has 1 saturated heterocycles. The third-order valence-corrected chi connectivity index (χ3v) is 11.8. The van der Waals surface area contributed by atoms with Crippen molar-refractivity contribution >= 4 is 15.5 Å². The summed E-state index contributed by atoms with van der Waals surface area (Å²) in [5, 5.41) is 3.49. The molecule has 1 N–H and O–H groups in total. The molecule has 3 aromatic carbocycles. The van der Waals surface area contributed by atoms with Crippen molar-refractivity contribution in [2.45, 2.75) is 67.7 Å². The maximum absolute atomic E-state index is 14.7. The molecule has 3 aliphatic rings. The zero-order valence-electron chi connectivity index (χ0n) is 30.3. The Labute approximate surface area is 303 Å². The number of rotatable bonds is 19. The van der Waals surface area contributed by atoms with Gasteiger partial charge < -0.3 is 38.6 Å².